The minimum atomic E-state index is -3.06. The summed E-state index contributed by atoms with van der Waals surface area (Å²) < 4.78 is 1.08. The van der Waals surface area contributed by atoms with E-state index in [0.717, 1.165) is 26.8 Å². The second kappa shape index (κ2) is 9.24. The summed E-state index contributed by atoms with van der Waals surface area (Å²) in [6, 6.07) is 20.2. The zero-order chi connectivity index (χ0) is 21.0. The van der Waals surface area contributed by atoms with E-state index in [2.05, 4.69) is 67.6 Å². The maximum absolute atomic E-state index is 12.3. The van der Waals surface area contributed by atoms with E-state index in [4.69, 9.17) is 0 Å². The Balaban J connectivity index is 2.54. The first kappa shape index (κ1) is 23.3. The van der Waals surface area contributed by atoms with Crippen LogP contribution in [0.2, 0.25) is 5.04 Å². The molecule has 0 aliphatic carbocycles. The molecule has 2 atom stereocenters. The van der Waals surface area contributed by atoms with Gasteiger partial charge in [-0.2, -0.15) is 0 Å². The maximum Gasteiger partial charge on any atom is 0.258 e. The highest BCUT2D eigenvalue weighted by atomic mass is 127. The van der Waals surface area contributed by atoms with E-state index in [1.807, 2.05) is 56.3 Å². The van der Waals surface area contributed by atoms with Crippen molar-refractivity contribution in [2.24, 2.45) is 5.92 Å². The summed E-state index contributed by atoms with van der Waals surface area (Å²) in [5.74, 6) is 0.0543. The summed E-state index contributed by atoms with van der Waals surface area (Å²) in [4.78, 5) is 12.3. The molecule has 0 aliphatic heterocycles. The van der Waals surface area contributed by atoms with Crippen LogP contribution in [0.25, 0.3) is 0 Å². The lowest BCUT2D eigenvalue weighted by Crippen LogP contribution is -2.66. The second-order valence-electron chi connectivity index (χ2n) is 8.59. The first-order valence-corrected chi connectivity index (χ1v) is 13.0. The lowest BCUT2D eigenvalue weighted by Gasteiger charge is -2.45. The average Bonchev–Trinajstić information content (AvgIpc) is 2.65. The minimum Gasteiger partial charge on any atom is -0.424 e. The molecule has 4 heteroatoms. The predicted octanol–water partition coefficient (Wildman–Crippen LogP) is 5.02. The molecule has 0 saturated heterocycles. The van der Waals surface area contributed by atoms with Crippen LogP contribution in [0.3, 0.4) is 0 Å². The minimum absolute atomic E-state index is 0.0543. The van der Waals surface area contributed by atoms with Crippen molar-refractivity contribution < 1.29 is 9.90 Å². The standard InChI is InChI=1S/C24H33IO2Si/c1-6-20(24(5,26)17-19(2)25)18-23(3,4)28(27,21-13-9-7-10-14-21)22-15-11-8-12-16-22/h7-17,20,26-27H,6,18H2,1-5H3/b19-17+/t20-,24-/m0/s1. The largest absolute Gasteiger partial charge is 0.424 e. The highest BCUT2D eigenvalue weighted by molar-refractivity contribution is 14.1. The van der Waals surface area contributed by atoms with E-state index < -0.39 is 13.9 Å². The van der Waals surface area contributed by atoms with Crippen LogP contribution in [-0.4, -0.2) is 23.8 Å². The van der Waals surface area contributed by atoms with Gasteiger partial charge in [-0.1, -0.05) is 87.9 Å². The summed E-state index contributed by atoms with van der Waals surface area (Å²) in [6.45, 7) is 10.4. The highest BCUT2D eigenvalue weighted by Crippen LogP contribution is 2.45. The highest BCUT2D eigenvalue weighted by Gasteiger charge is 2.51. The Labute approximate surface area is 185 Å². The molecule has 0 spiro atoms. The zero-order valence-electron chi connectivity index (χ0n) is 17.6. The molecule has 2 aromatic carbocycles. The molecular formula is C24H33IO2Si. The van der Waals surface area contributed by atoms with Crippen molar-refractivity contribution in [3.05, 3.63) is 70.3 Å². The molecule has 0 radical (unpaired) electrons. The van der Waals surface area contributed by atoms with Gasteiger partial charge in [-0.05, 0) is 73.8 Å². The van der Waals surface area contributed by atoms with E-state index in [1.165, 1.54) is 0 Å². The van der Waals surface area contributed by atoms with Gasteiger partial charge in [0, 0.05) is 0 Å². The van der Waals surface area contributed by atoms with Crippen molar-refractivity contribution in [3.8, 4) is 0 Å². The second-order valence-corrected chi connectivity index (χ2v) is 14.2. The van der Waals surface area contributed by atoms with Gasteiger partial charge in [0.25, 0.3) is 8.32 Å². The summed E-state index contributed by atoms with van der Waals surface area (Å²) in [7, 11) is -3.06. The van der Waals surface area contributed by atoms with Gasteiger partial charge in [0.2, 0.25) is 0 Å². The molecule has 2 aromatic rings. The maximum atomic E-state index is 12.3. The summed E-state index contributed by atoms with van der Waals surface area (Å²) >= 11 is 2.25. The van der Waals surface area contributed by atoms with E-state index >= 15 is 0 Å². The molecule has 2 nitrogen and oxygen atoms in total. The molecule has 0 fully saturated rings. The number of hydrogen-bond acceptors (Lipinski definition) is 2. The van der Waals surface area contributed by atoms with Crippen molar-refractivity contribution >= 4 is 41.3 Å². The Morgan fingerprint density at radius 1 is 1.00 bits per heavy atom. The van der Waals surface area contributed by atoms with Gasteiger partial charge in [-0.25, -0.2) is 0 Å². The SMILES string of the molecule is CC[C@@H](CC(C)(C)[Si](O)(c1ccccc1)c1ccccc1)[C@@](C)(O)/C=C(\C)I. The van der Waals surface area contributed by atoms with Crippen molar-refractivity contribution in [2.45, 2.75) is 58.1 Å². The summed E-state index contributed by atoms with van der Waals surface area (Å²) in [6.07, 6.45) is 3.54. The van der Waals surface area contributed by atoms with Crippen LogP contribution in [0.1, 0.15) is 47.5 Å². The number of aliphatic hydroxyl groups is 1. The van der Waals surface area contributed by atoms with Crippen LogP contribution in [0, 0.1) is 5.92 Å². The third-order valence-electron chi connectivity index (χ3n) is 5.93. The fourth-order valence-electron chi connectivity index (χ4n) is 4.36. The van der Waals surface area contributed by atoms with E-state index in [9.17, 15) is 9.90 Å². The quantitative estimate of drug-likeness (QED) is 0.388. The molecule has 2 N–H and O–H groups in total. The fourth-order valence-corrected chi connectivity index (χ4v) is 8.77. The average molecular weight is 509 g/mol. The van der Waals surface area contributed by atoms with Crippen molar-refractivity contribution in [1.82, 2.24) is 0 Å². The van der Waals surface area contributed by atoms with Crippen LogP contribution < -0.4 is 10.4 Å². The van der Waals surface area contributed by atoms with Crippen molar-refractivity contribution in [2.75, 3.05) is 0 Å². The Bertz CT molecular complexity index is 741. The van der Waals surface area contributed by atoms with Crippen LogP contribution in [0.4, 0.5) is 0 Å². The van der Waals surface area contributed by atoms with Crippen LogP contribution in [0.5, 0.6) is 0 Å². The van der Waals surface area contributed by atoms with Crippen molar-refractivity contribution in [3.63, 3.8) is 0 Å². The van der Waals surface area contributed by atoms with Gasteiger partial charge in [-0.15, -0.1) is 0 Å². The molecular weight excluding hydrogens is 475 g/mol. The van der Waals surface area contributed by atoms with E-state index in [1.54, 1.807) is 0 Å². The zero-order valence-corrected chi connectivity index (χ0v) is 20.8. The predicted molar refractivity (Wildman–Crippen MR) is 131 cm³/mol. The van der Waals surface area contributed by atoms with Crippen LogP contribution in [-0.2, 0) is 0 Å². The molecule has 0 heterocycles. The van der Waals surface area contributed by atoms with E-state index in [0.29, 0.717) is 0 Å². The monoisotopic (exact) mass is 508 g/mol. The smallest absolute Gasteiger partial charge is 0.258 e. The first-order valence-electron chi connectivity index (χ1n) is 9.95. The fraction of sp³-hybridized carbons (Fsp3) is 0.417. The molecule has 0 aromatic heterocycles. The van der Waals surface area contributed by atoms with Gasteiger partial charge in [0.1, 0.15) is 0 Å². The molecule has 152 valence electrons. The van der Waals surface area contributed by atoms with Crippen LogP contribution in [0.15, 0.2) is 70.3 Å². The summed E-state index contributed by atoms with van der Waals surface area (Å²) in [5, 5.41) is 12.8. The Hall–Kier alpha value is -0.953. The van der Waals surface area contributed by atoms with Gasteiger partial charge >= 0.3 is 0 Å². The molecule has 0 bridgehead atoms. The van der Waals surface area contributed by atoms with Gasteiger partial charge in [0.15, 0.2) is 0 Å². The van der Waals surface area contributed by atoms with Gasteiger partial charge in [-0.3, -0.25) is 0 Å². The lowest BCUT2D eigenvalue weighted by atomic mass is 9.80. The number of hydrogen-bond donors (Lipinski definition) is 2. The third-order valence-corrected chi connectivity index (χ3v) is 10.7. The summed E-state index contributed by atoms with van der Waals surface area (Å²) in [5.41, 5.74) is -0.903. The Morgan fingerprint density at radius 3 is 1.79 bits per heavy atom. The number of rotatable bonds is 8. The molecule has 0 aliphatic rings. The lowest BCUT2D eigenvalue weighted by molar-refractivity contribution is 0.0338. The molecule has 2 rings (SSSR count). The molecule has 28 heavy (non-hydrogen) atoms. The molecule has 0 saturated carbocycles. The Morgan fingerprint density at radius 2 is 1.43 bits per heavy atom. The topological polar surface area (TPSA) is 40.5 Å². The first-order chi connectivity index (χ1) is 13.0. The van der Waals surface area contributed by atoms with Crippen LogP contribution >= 0.6 is 22.6 Å². The number of halogens is 1. The van der Waals surface area contributed by atoms with Crippen molar-refractivity contribution in [1.29, 1.82) is 0 Å². The van der Waals surface area contributed by atoms with Gasteiger partial charge < -0.3 is 9.90 Å². The molecule has 0 amide bonds. The third kappa shape index (κ3) is 4.96. The normalized spacial score (nSPS) is 16.5. The number of benzene rings is 2. The van der Waals surface area contributed by atoms with E-state index in [-0.39, 0.29) is 11.0 Å². The van der Waals surface area contributed by atoms with Gasteiger partial charge in [0.05, 0.1) is 5.60 Å². The number of allylic oxidation sites excluding steroid dienone is 1. The Kier molecular flexibility index (Phi) is 7.70. The molecule has 0 unspecified atom stereocenters.